The molecule has 0 atom stereocenters. The Bertz CT molecular complexity index is 296. The minimum atomic E-state index is 0.948. The third-order valence-corrected chi connectivity index (χ3v) is 2.91. The highest BCUT2D eigenvalue weighted by atomic mass is 32.2. The van der Waals surface area contributed by atoms with E-state index in [9.17, 15) is 0 Å². The van der Waals surface area contributed by atoms with Gasteiger partial charge in [-0.05, 0) is 17.7 Å². The first-order valence-corrected chi connectivity index (χ1v) is 6.22. The third-order valence-electron chi connectivity index (χ3n) is 2.02. The number of nitrogens with zero attached hydrogens (tertiary/aromatic N) is 1. The fourth-order valence-corrected chi connectivity index (χ4v) is 1.90. The van der Waals surface area contributed by atoms with E-state index >= 15 is 0 Å². The summed E-state index contributed by atoms with van der Waals surface area (Å²) in [5.41, 5.74) is 1.36. The maximum Gasteiger partial charge on any atom is 0.156 e. The summed E-state index contributed by atoms with van der Waals surface area (Å²) < 4.78 is 0. The van der Waals surface area contributed by atoms with Crippen LogP contribution in [0.3, 0.4) is 0 Å². The van der Waals surface area contributed by atoms with Gasteiger partial charge in [-0.25, -0.2) is 0 Å². The van der Waals surface area contributed by atoms with Crippen LogP contribution in [0.1, 0.15) is 12.5 Å². The van der Waals surface area contributed by atoms with Crippen LogP contribution in [0.25, 0.3) is 0 Å². The molecule has 0 saturated carbocycles. The number of rotatable bonds is 4. The van der Waals surface area contributed by atoms with Crippen LogP contribution < -0.4 is 5.32 Å². The quantitative estimate of drug-likeness (QED) is 0.625. The predicted octanol–water partition coefficient (Wildman–Crippen LogP) is 2.56. The molecule has 15 heavy (non-hydrogen) atoms. The van der Waals surface area contributed by atoms with E-state index in [2.05, 4.69) is 41.5 Å². The van der Waals surface area contributed by atoms with Crippen LogP contribution in [0.4, 0.5) is 0 Å². The van der Waals surface area contributed by atoms with Crippen LogP contribution in [0.5, 0.6) is 0 Å². The second kappa shape index (κ2) is 7.35. The van der Waals surface area contributed by atoms with Gasteiger partial charge in [0, 0.05) is 13.6 Å². The Morgan fingerprint density at radius 3 is 2.67 bits per heavy atom. The molecular weight excluding hydrogens is 204 g/mol. The molecule has 1 N–H and O–H groups in total. The number of hydrogen-bond acceptors (Lipinski definition) is 2. The van der Waals surface area contributed by atoms with Gasteiger partial charge in [-0.15, -0.1) is 0 Å². The smallest absolute Gasteiger partial charge is 0.156 e. The highest BCUT2D eigenvalue weighted by Crippen LogP contribution is 2.01. The van der Waals surface area contributed by atoms with Gasteiger partial charge >= 0.3 is 0 Å². The molecule has 82 valence electrons. The fourth-order valence-electron chi connectivity index (χ4n) is 1.29. The summed E-state index contributed by atoms with van der Waals surface area (Å²) >= 11 is 1.75. The number of benzene rings is 1. The fraction of sp³-hybridized carbons (Fsp3) is 0.417. The lowest BCUT2D eigenvalue weighted by Crippen LogP contribution is -2.23. The van der Waals surface area contributed by atoms with E-state index in [0.29, 0.717) is 0 Å². The molecule has 1 aromatic carbocycles. The van der Waals surface area contributed by atoms with Crippen LogP contribution in [0, 0.1) is 0 Å². The summed E-state index contributed by atoms with van der Waals surface area (Å²) in [5.74, 6) is 1.06. The first kappa shape index (κ1) is 12.1. The zero-order chi connectivity index (χ0) is 10.9. The molecule has 0 spiro atoms. The van der Waals surface area contributed by atoms with Gasteiger partial charge in [0.15, 0.2) is 5.17 Å². The second-order valence-electron chi connectivity index (χ2n) is 3.12. The first-order chi connectivity index (χ1) is 7.36. The summed E-state index contributed by atoms with van der Waals surface area (Å²) in [6.45, 7) is 3.08. The average Bonchev–Trinajstić information content (AvgIpc) is 2.29. The molecule has 1 aromatic rings. The van der Waals surface area contributed by atoms with Gasteiger partial charge in [0.25, 0.3) is 0 Å². The normalized spacial score (nSPS) is 11.5. The highest BCUT2D eigenvalue weighted by molar-refractivity contribution is 8.13. The maximum atomic E-state index is 4.18. The molecule has 0 unspecified atom stereocenters. The molecule has 0 aliphatic carbocycles. The van der Waals surface area contributed by atoms with Crippen molar-refractivity contribution in [2.45, 2.75) is 13.3 Å². The highest BCUT2D eigenvalue weighted by Gasteiger charge is 1.96. The molecule has 0 bridgehead atoms. The monoisotopic (exact) mass is 222 g/mol. The van der Waals surface area contributed by atoms with Gasteiger partial charge in [-0.1, -0.05) is 49.0 Å². The van der Waals surface area contributed by atoms with Crippen LogP contribution >= 0.6 is 11.8 Å². The molecule has 0 heterocycles. The van der Waals surface area contributed by atoms with Gasteiger partial charge in [0.1, 0.15) is 0 Å². The van der Waals surface area contributed by atoms with E-state index in [1.165, 1.54) is 5.56 Å². The van der Waals surface area contributed by atoms with Crippen molar-refractivity contribution in [3.05, 3.63) is 35.9 Å². The van der Waals surface area contributed by atoms with Crippen molar-refractivity contribution in [3.8, 4) is 0 Å². The molecule has 0 fully saturated rings. The summed E-state index contributed by atoms with van der Waals surface area (Å²) in [4.78, 5) is 4.18. The Kier molecular flexibility index (Phi) is 5.93. The van der Waals surface area contributed by atoms with Crippen LogP contribution in [0.2, 0.25) is 0 Å². The lowest BCUT2D eigenvalue weighted by Gasteiger charge is -2.07. The second-order valence-corrected chi connectivity index (χ2v) is 4.38. The van der Waals surface area contributed by atoms with E-state index in [4.69, 9.17) is 0 Å². The summed E-state index contributed by atoms with van der Waals surface area (Å²) in [6, 6.07) is 10.5. The molecular formula is C12H18N2S. The standard InChI is InChI=1S/C12H18N2S/c1-3-15-12(13-2)14-10-9-11-7-5-4-6-8-11/h4-8H,3,9-10H2,1-2H3,(H,13,14). The van der Waals surface area contributed by atoms with Crippen molar-refractivity contribution in [2.24, 2.45) is 4.99 Å². The van der Waals surface area contributed by atoms with Gasteiger partial charge in [-0.2, -0.15) is 0 Å². The van der Waals surface area contributed by atoms with E-state index < -0.39 is 0 Å². The molecule has 0 aliphatic rings. The number of thioether (sulfide) groups is 1. The lowest BCUT2D eigenvalue weighted by molar-refractivity contribution is 0.873. The van der Waals surface area contributed by atoms with Gasteiger partial charge < -0.3 is 5.32 Å². The SMILES string of the molecule is CCSC(=NC)NCCc1ccccc1. The van der Waals surface area contributed by atoms with Gasteiger partial charge in [0.05, 0.1) is 0 Å². The maximum absolute atomic E-state index is 4.18. The van der Waals surface area contributed by atoms with Gasteiger partial charge in [0.2, 0.25) is 0 Å². The number of hydrogen-bond donors (Lipinski definition) is 1. The van der Waals surface area contributed by atoms with E-state index in [1.807, 2.05) is 13.1 Å². The van der Waals surface area contributed by atoms with Crippen LogP contribution in [-0.2, 0) is 6.42 Å². The number of nitrogens with one attached hydrogen (secondary N) is 1. The van der Waals surface area contributed by atoms with Crippen molar-refractivity contribution < 1.29 is 0 Å². The summed E-state index contributed by atoms with van der Waals surface area (Å²) in [6.07, 6.45) is 1.05. The molecule has 3 heteroatoms. The van der Waals surface area contributed by atoms with E-state index in [0.717, 1.165) is 23.9 Å². The molecule has 0 radical (unpaired) electrons. The molecule has 0 saturated heterocycles. The summed E-state index contributed by atoms with van der Waals surface area (Å²) in [5, 5.41) is 4.37. The Balaban J connectivity index is 2.27. The first-order valence-electron chi connectivity index (χ1n) is 5.24. The topological polar surface area (TPSA) is 24.4 Å². The Labute approximate surface area is 96.2 Å². The van der Waals surface area contributed by atoms with Crippen molar-refractivity contribution in [3.63, 3.8) is 0 Å². The minimum absolute atomic E-state index is 0.948. The average molecular weight is 222 g/mol. The summed E-state index contributed by atoms with van der Waals surface area (Å²) in [7, 11) is 1.83. The zero-order valence-electron chi connectivity index (χ0n) is 9.36. The Morgan fingerprint density at radius 2 is 2.07 bits per heavy atom. The zero-order valence-corrected chi connectivity index (χ0v) is 10.2. The molecule has 0 amide bonds. The lowest BCUT2D eigenvalue weighted by atomic mass is 10.2. The minimum Gasteiger partial charge on any atom is -0.365 e. The van der Waals surface area contributed by atoms with Gasteiger partial charge in [-0.3, -0.25) is 4.99 Å². The largest absolute Gasteiger partial charge is 0.365 e. The Hall–Kier alpha value is -0.960. The third kappa shape index (κ3) is 4.88. The number of aliphatic imine (C=N–C) groups is 1. The van der Waals surface area contributed by atoms with Crippen molar-refractivity contribution in [2.75, 3.05) is 19.3 Å². The van der Waals surface area contributed by atoms with E-state index in [-0.39, 0.29) is 0 Å². The predicted molar refractivity (Wildman–Crippen MR) is 69.6 cm³/mol. The van der Waals surface area contributed by atoms with Crippen molar-refractivity contribution >= 4 is 16.9 Å². The molecule has 0 aromatic heterocycles. The van der Waals surface area contributed by atoms with Crippen LogP contribution in [-0.4, -0.2) is 24.5 Å². The van der Waals surface area contributed by atoms with Crippen LogP contribution in [0.15, 0.2) is 35.3 Å². The van der Waals surface area contributed by atoms with Crippen molar-refractivity contribution in [1.29, 1.82) is 0 Å². The number of amidine groups is 1. The van der Waals surface area contributed by atoms with E-state index in [1.54, 1.807) is 11.8 Å². The molecule has 1 rings (SSSR count). The Morgan fingerprint density at radius 1 is 1.33 bits per heavy atom. The van der Waals surface area contributed by atoms with Crippen molar-refractivity contribution in [1.82, 2.24) is 5.32 Å². The molecule has 0 aliphatic heterocycles. The molecule has 2 nitrogen and oxygen atoms in total.